The van der Waals surface area contributed by atoms with Crippen LogP contribution in [0.3, 0.4) is 0 Å². The first-order valence-corrected chi connectivity index (χ1v) is 7.73. The maximum Gasteiger partial charge on any atom is 0.0461 e. The first kappa shape index (κ1) is 15.5. The fraction of sp³-hybridized carbons (Fsp3) is 0.600. The average Bonchev–Trinajstić information content (AvgIpc) is 2.37. The van der Waals surface area contributed by atoms with E-state index in [9.17, 15) is 0 Å². The topological polar surface area (TPSA) is 29.3 Å². The molecular weight excluding hydrogens is 288 g/mol. The van der Waals surface area contributed by atoms with E-state index in [1.165, 1.54) is 44.3 Å². The minimum absolute atomic E-state index is 0.832. The SMILES string of the molecule is CCCCN(CCCC)Cc1ccc(Br)c(N)c1. The van der Waals surface area contributed by atoms with Gasteiger partial charge in [0.1, 0.15) is 0 Å². The van der Waals surface area contributed by atoms with Gasteiger partial charge in [0.25, 0.3) is 0 Å². The summed E-state index contributed by atoms with van der Waals surface area (Å²) in [6, 6.07) is 6.28. The zero-order valence-electron chi connectivity index (χ0n) is 11.6. The van der Waals surface area contributed by atoms with Crippen molar-refractivity contribution in [2.45, 2.75) is 46.1 Å². The van der Waals surface area contributed by atoms with Crippen LogP contribution in [0.1, 0.15) is 45.1 Å². The van der Waals surface area contributed by atoms with Crippen LogP contribution in [0, 0.1) is 0 Å². The molecule has 18 heavy (non-hydrogen) atoms. The number of hydrogen-bond acceptors (Lipinski definition) is 2. The van der Waals surface area contributed by atoms with E-state index in [1.54, 1.807) is 0 Å². The highest BCUT2D eigenvalue weighted by atomic mass is 79.9. The fourth-order valence-corrected chi connectivity index (χ4v) is 2.23. The summed E-state index contributed by atoms with van der Waals surface area (Å²) < 4.78 is 0.986. The zero-order valence-corrected chi connectivity index (χ0v) is 13.2. The lowest BCUT2D eigenvalue weighted by Crippen LogP contribution is -2.25. The number of nitrogens with zero attached hydrogens (tertiary/aromatic N) is 1. The largest absolute Gasteiger partial charge is 0.398 e. The molecule has 0 aliphatic heterocycles. The van der Waals surface area contributed by atoms with Crippen molar-refractivity contribution in [3.8, 4) is 0 Å². The predicted octanol–water partition coefficient (Wildman–Crippen LogP) is 4.43. The van der Waals surface area contributed by atoms with Crippen molar-refractivity contribution in [3.05, 3.63) is 28.2 Å². The van der Waals surface area contributed by atoms with Gasteiger partial charge in [-0.2, -0.15) is 0 Å². The van der Waals surface area contributed by atoms with Crippen LogP contribution in [0.2, 0.25) is 0 Å². The van der Waals surface area contributed by atoms with E-state index in [4.69, 9.17) is 5.73 Å². The van der Waals surface area contributed by atoms with Gasteiger partial charge in [0.05, 0.1) is 0 Å². The van der Waals surface area contributed by atoms with Gasteiger partial charge in [-0.3, -0.25) is 4.90 Å². The Kier molecular flexibility index (Phi) is 7.36. The number of halogens is 1. The minimum Gasteiger partial charge on any atom is -0.398 e. The summed E-state index contributed by atoms with van der Waals surface area (Å²) in [6.07, 6.45) is 5.06. The highest BCUT2D eigenvalue weighted by Gasteiger charge is 2.06. The predicted molar refractivity (Wildman–Crippen MR) is 83.6 cm³/mol. The molecule has 0 fully saturated rings. The van der Waals surface area contributed by atoms with E-state index in [-0.39, 0.29) is 0 Å². The van der Waals surface area contributed by atoms with Crippen LogP contribution in [0.4, 0.5) is 5.69 Å². The first-order chi connectivity index (χ1) is 8.67. The van der Waals surface area contributed by atoms with Crippen molar-refractivity contribution >= 4 is 21.6 Å². The Hall–Kier alpha value is -0.540. The molecule has 0 bridgehead atoms. The van der Waals surface area contributed by atoms with Crippen LogP contribution >= 0.6 is 15.9 Å². The van der Waals surface area contributed by atoms with Crippen molar-refractivity contribution in [2.75, 3.05) is 18.8 Å². The van der Waals surface area contributed by atoms with Gasteiger partial charge in [0.2, 0.25) is 0 Å². The molecule has 0 aliphatic carbocycles. The number of nitrogens with two attached hydrogens (primary N) is 1. The highest BCUT2D eigenvalue weighted by molar-refractivity contribution is 9.10. The molecule has 0 heterocycles. The fourth-order valence-electron chi connectivity index (χ4n) is 1.98. The van der Waals surface area contributed by atoms with Gasteiger partial charge in [-0.25, -0.2) is 0 Å². The molecule has 0 saturated heterocycles. The Morgan fingerprint density at radius 1 is 1.11 bits per heavy atom. The van der Waals surface area contributed by atoms with Crippen molar-refractivity contribution in [3.63, 3.8) is 0 Å². The van der Waals surface area contributed by atoms with Gasteiger partial charge in [-0.1, -0.05) is 32.8 Å². The van der Waals surface area contributed by atoms with Gasteiger partial charge >= 0.3 is 0 Å². The smallest absolute Gasteiger partial charge is 0.0461 e. The number of rotatable bonds is 8. The molecule has 0 aromatic heterocycles. The van der Waals surface area contributed by atoms with Gasteiger partial charge < -0.3 is 5.73 Å². The molecule has 0 unspecified atom stereocenters. The third kappa shape index (κ3) is 5.40. The van der Waals surface area contributed by atoms with Crippen LogP contribution in [-0.4, -0.2) is 18.0 Å². The lowest BCUT2D eigenvalue weighted by atomic mass is 10.1. The van der Waals surface area contributed by atoms with Gasteiger partial charge in [-0.15, -0.1) is 0 Å². The van der Waals surface area contributed by atoms with E-state index in [2.05, 4.69) is 46.8 Å². The van der Waals surface area contributed by atoms with Crippen LogP contribution in [0.25, 0.3) is 0 Å². The molecule has 0 amide bonds. The maximum absolute atomic E-state index is 5.93. The molecule has 0 atom stereocenters. The standard InChI is InChI=1S/C15H25BrN2/c1-3-5-9-18(10-6-4-2)12-13-7-8-14(16)15(17)11-13/h7-8,11H,3-6,9-10,12,17H2,1-2H3. The Labute approximate surface area is 120 Å². The molecule has 0 saturated carbocycles. The quantitative estimate of drug-likeness (QED) is 0.719. The number of benzene rings is 1. The van der Waals surface area contributed by atoms with Crippen LogP contribution in [0.15, 0.2) is 22.7 Å². The van der Waals surface area contributed by atoms with Crippen molar-refractivity contribution in [1.82, 2.24) is 4.90 Å². The Balaban J connectivity index is 2.59. The van der Waals surface area contributed by atoms with Crippen molar-refractivity contribution in [2.24, 2.45) is 0 Å². The average molecular weight is 313 g/mol. The Morgan fingerprint density at radius 2 is 1.72 bits per heavy atom. The molecule has 0 aliphatic rings. The number of nitrogen functional groups attached to an aromatic ring is 1. The molecule has 3 heteroatoms. The third-order valence-corrected chi connectivity index (χ3v) is 3.84. The molecule has 1 aromatic rings. The van der Waals surface area contributed by atoms with Crippen molar-refractivity contribution < 1.29 is 0 Å². The summed E-state index contributed by atoms with van der Waals surface area (Å²) >= 11 is 3.44. The summed E-state index contributed by atoms with van der Waals surface area (Å²) in [5, 5.41) is 0. The monoisotopic (exact) mass is 312 g/mol. The summed E-state index contributed by atoms with van der Waals surface area (Å²) in [7, 11) is 0. The molecule has 102 valence electrons. The zero-order chi connectivity index (χ0) is 13.4. The third-order valence-electron chi connectivity index (χ3n) is 3.12. The van der Waals surface area contributed by atoms with E-state index < -0.39 is 0 Å². The Bertz CT molecular complexity index is 344. The van der Waals surface area contributed by atoms with E-state index in [0.717, 1.165) is 16.7 Å². The summed E-state index contributed by atoms with van der Waals surface area (Å²) in [4.78, 5) is 2.54. The number of unbranched alkanes of at least 4 members (excludes halogenated alkanes) is 2. The summed E-state index contributed by atoms with van der Waals surface area (Å²) in [5.74, 6) is 0. The molecule has 1 aromatic carbocycles. The summed E-state index contributed by atoms with van der Waals surface area (Å²) in [5.41, 5.74) is 8.07. The molecule has 0 spiro atoms. The van der Waals surface area contributed by atoms with Crippen LogP contribution in [-0.2, 0) is 6.54 Å². The minimum atomic E-state index is 0.832. The first-order valence-electron chi connectivity index (χ1n) is 6.93. The second-order valence-electron chi connectivity index (χ2n) is 4.84. The van der Waals surface area contributed by atoms with Gasteiger partial charge in [0, 0.05) is 16.7 Å². The van der Waals surface area contributed by atoms with Crippen molar-refractivity contribution in [1.29, 1.82) is 0 Å². The van der Waals surface area contributed by atoms with Gasteiger partial charge in [-0.05, 0) is 59.6 Å². The second-order valence-corrected chi connectivity index (χ2v) is 5.69. The number of anilines is 1. The van der Waals surface area contributed by atoms with E-state index in [1.807, 2.05) is 6.07 Å². The second kappa shape index (κ2) is 8.54. The van der Waals surface area contributed by atoms with Crippen LogP contribution in [0.5, 0.6) is 0 Å². The lowest BCUT2D eigenvalue weighted by molar-refractivity contribution is 0.257. The highest BCUT2D eigenvalue weighted by Crippen LogP contribution is 2.21. The molecule has 2 N–H and O–H groups in total. The molecular formula is C15H25BrN2. The van der Waals surface area contributed by atoms with Gasteiger partial charge in [0.15, 0.2) is 0 Å². The lowest BCUT2D eigenvalue weighted by Gasteiger charge is -2.22. The molecule has 0 radical (unpaired) electrons. The van der Waals surface area contributed by atoms with Crippen LogP contribution < -0.4 is 5.73 Å². The maximum atomic E-state index is 5.93. The molecule has 2 nitrogen and oxygen atoms in total. The van der Waals surface area contributed by atoms with E-state index >= 15 is 0 Å². The summed E-state index contributed by atoms with van der Waals surface area (Å²) in [6.45, 7) is 7.88. The normalized spacial score (nSPS) is 11.1. The van der Waals surface area contributed by atoms with E-state index in [0.29, 0.717) is 0 Å². The number of hydrogen-bond donors (Lipinski definition) is 1. The molecule has 1 rings (SSSR count). The Morgan fingerprint density at radius 3 is 2.22 bits per heavy atom.